The minimum Gasteiger partial charge on any atom is -0.464 e. The van der Waals surface area contributed by atoms with Gasteiger partial charge >= 0.3 is 0 Å². The number of nitrogens with two attached hydrogens (primary N) is 1. The van der Waals surface area contributed by atoms with Gasteiger partial charge in [-0.05, 0) is 23.8 Å². The molecule has 3 nitrogen and oxygen atoms in total. The van der Waals surface area contributed by atoms with Crippen LogP contribution in [0.15, 0.2) is 59.2 Å². The van der Waals surface area contributed by atoms with Crippen LogP contribution in [0.3, 0.4) is 0 Å². The molecule has 0 aliphatic carbocycles. The van der Waals surface area contributed by atoms with E-state index in [1.807, 2.05) is 42.5 Å². The molecule has 0 aliphatic rings. The van der Waals surface area contributed by atoms with Crippen molar-refractivity contribution >= 4 is 22.6 Å². The number of hydrogen-bond donors (Lipinski definition) is 2. The fourth-order valence-electron chi connectivity index (χ4n) is 2.63. The number of fused-ring (bicyclic) bond motifs is 1. The molecule has 0 radical (unpaired) electrons. The second-order valence-corrected chi connectivity index (χ2v) is 5.47. The number of aliphatic hydroxyl groups excluding tert-OH is 1. The van der Waals surface area contributed by atoms with E-state index in [2.05, 4.69) is 0 Å². The molecule has 3 rings (SSSR count). The first kappa shape index (κ1) is 14.1. The van der Waals surface area contributed by atoms with Crippen molar-refractivity contribution in [2.45, 2.75) is 12.0 Å². The molecule has 0 amide bonds. The number of benzene rings is 2. The van der Waals surface area contributed by atoms with E-state index in [-0.39, 0.29) is 5.92 Å². The highest BCUT2D eigenvalue weighted by molar-refractivity contribution is 6.30. The van der Waals surface area contributed by atoms with Crippen molar-refractivity contribution in [2.75, 3.05) is 6.54 Å². The van der Waals surface area contributed by atoms with E-state index in [1.54, 1.807) is 12.3 Å². The SMILES string of the molecule is NCC(c1cccc(Cl)c1)C(O)c1coc2ccccc12. The molecule has 2 atom stereocenters. The van der Waals surface area contributed by atoms with E-state index < -0.39 is 6.10 Å². The monoisotopic (exact) mass is 301 g/mol. The number of halogens is 1. The maximum absolute atomic E-state index is 10.7. The summed E-state index contributed by atoms with van der Waals surface area (Å²) in [7, 11) is 0. The van der Waals surface area contributed by atoms with Crippen LogP contribution in [0.25, 0.3) is 11.0 Å². The molecule has 2 unspecified atom stereocenters. The average Bonchev–Trinajstić information content (AvgIpc) is 2.92. The minimum absolute atomic E-state index is 0.232. The maximum Gasteiger partial charge on any atom is 0.134 e. The zero-order valence-electron chi connectivity index (χ0n) is 11.4. The molecule has 0 saturated carbocycles. The molecule has 0 saturated heterocycles. The maximum atomic E-state index is 10.7. The Labute approximate surface area is 127 Å². The van der Waals surface area contributed by atoms with Crippen LogP contribution in [-0.4, -0.2) is 11.7 Å². The molecule has 4 heteroatoms. The van der Waals surface area contributed by atoms with Crippen LogP contribution in [0.4, 0.5) is 0 Å². The van der Waals surface area contributed by atoms with Gasteiger partial charge in [-0.3, -0.25) is 0 Å². The largest absolute Gasteiger partial charge is 0.464 e. The van der Waals surface area contributed by atoms with Gasteiger partial charge in [-0.2, -0.15) is 0 Å². The van der Waals surface area contributed by atoms with Crippen LogP contribution in [0, 0.1) is 0 Å². The lowest BCUT2D eigenvalue weighted by atomic mass is 9.89. The predicted molar refractivity (Wildman–Crippen MR) is 84.4 cm³/mol. The third-order valence-corrected chi connectivity index (χ3v) is 3.98. The summed E-state index contributed by atoms with van der Waals surface area (Å²) in [6, 6.07) is 15.1. The van der Waals surface area contributed by atoms with Crippen LogP contribution in [0.5, 0.6) is 0 Å². The van der Waals surface area contributed by atoms with Gasteiger partial charge in [0.05, 0.1) is 12.4 Å². The third kappa shape index (κ3) is 2.68. The second kappa shape index (κ2) is 5.90. The van der Waals surface area contributed by atoms with Gasteiger partial charge in [-0.1, -0.05) is 41.9 Å². The highest BCUT2D eigenvalue weighted by Gasteiger charge is 2.24. The number of para-hydroxylation sites is 1. The molecule has 2 aromatic carbocycles. The summed E-state index contributed by atoms with van der Waals surface area (Å²) in [4.78, 5) is 0. The molecule has 1 aromatic heterocycles. The van der Waals surface area contributed by atoms with Crippen molar-refractivity contribution < 1.29 is 9.52 Å². The van der Waals surface area contributed by atoms with Gasteiger partial charge in [0, 0.05) is 28.4 Å². The molecule has 0 spiro atoms. The predicted octanol–water partition coefficient (Wildman–Crippen LogP) is 3.86. The summed E-state index contributed by atoms with van der Waals surface area (Å²) in [5.74, 6) is -0.232. The lowest BCUT2D eigenvalue weighted by Gasteiger charge is -2.21. The van der Waals surface area contributed by atoms with E-state index >= 15 is 0 Å². The van der Waals surface area contributed by atoms with Gasteiger partial charge in [-0.25, -0.2) is 0 Å². The van der Waals surface area contributed by atoms with Crippen LogP contribution in [0.1, 0.15) is 23.1 Å². The Morgan fingerprint density at radius 1 is 1.14 bits per heavy atom. The normalized spacial score (nSPS) is 14.2. The Kier molecular flexibility index (Phi) is 3.97. The van der Waals surface area contributed by atoms with Gasteiger partial charge in [0.2, 0.25) is 0 Å². The van der Waals surface area contributed by atoms with Crippen molar-refractivity contribution in [1.82, 2.24) is 0 Å². The van der Waals surface area contributed by atoms with Gasteiger partial charge in [-0.15, -0.1) is 0 Å². The van der Waals surface area contributed by atoms with Crippen LogP contribution in [0.2, 0.25) is 5.02 Å². The first-order chi connectivity index (χ1) is 10.2. The van der Waals surface area contributed by atoms with Crippen LogP contribution < -0.4 is 5.73 Å². The highest BCUT2D eigenvalue weighted by Crippen LogP contribution is 2.35. The molecule has 108 valence electrons. The zero-order valence-corrected chi connectivity index (χ0v) is 12.1. The highest BCUT2D eigenvalue weighted by atomic mass is 35.5. The van der Waals surface area contributed by atoms with Crippen molar-refractivity contribution in [3.05, 3.63) is 70.9 Å². The quantitative estimate of drug-likeness (QED) is 0.769. The van der Waals surface area contributed by atoms with E-state index in [9.17, 15) is 5.11 Å². The van der Waals surface area contributed by atoms with Gasteiger partial charge in [0.15, 0.2) is 0 Å². The Bertz CT molecular complexity index is 753. The third-order valence-electron chi connectivity index (χ3n) is 3.74. The summed E-state index contributed by atoms with van der Waals surface area (Å²) in [5.41, 5.74) is 8.30. The molecular weight excluding hydrogens is 286 g/mol. The van der Waals surface area contributed by atoms with E-state index in [4.69, 9.17) is 21.8 Å². The molecule has 3 N–H and O–H groups in total. The molecular formula is C17H16ClNO2. The second-order valence-electron chi connectivity index (χ2n) is 5.03. The first-order valence-corrected chi connectivity index (χ1v) is 7.18. The minimum atomic E-state index is -0.739. The van der Waals surface area contributed by atoms with Gasteiger partial charge in [0.25, 0.3) is 0 Å². The molecule has 21 heavy (non-hydrogen) atoms. The smallest absolute Gasteiger partial charge is 0.134 e. The summed E-state index contributed by atoms with van der Waals surface area (Å²) in [5, 5.41) is 12.3. The fourth-order valence-corrected chi connectivity index (χ4v) is 2.83. The number of rotatable bonds is 4. The zero-order chi connectivity index (χ0) is 14.8. The Morgan fingerprint density at radius 3 is 2.71 bits per heavy atom. The Hall–Kier alpha value is -1.81. The van der Waals surface area contributed by atoms with Crippen molar-refractivity contribution in [1.29, 1.82) is 0 Å². The van der Waals surface area contributed by atoms with Crippen molar-refractivity contribution in [2.24, 2.45) is 5.73 Å². The molecule has 0 bridgehead atoms. The fraction of sp³-hybridized carbons (Fsp3) is 0.176. The average molecular weight is 302 g/mol. The first-order valence-electron chi connectivity index (χ1n) is 6.80. The summed E-state index contributed by atoms with van der Waals surface area (Å²) >= 11 is 6.03. The Balaban J connectivity index is 2.01. The molecule has 1 heterocycles. The summed E-state index contributed by atoms with van der Waals surface area (Å²) in [6.07, 6.45) is 0.861. The number of furan rings is 1. The van der Waals surface area contributed by atoms with Crippen LogP contribution >= 0.6 is 11.6 Å². The lowest BCUT2D eigenvalue weighted by molar-refractivity contribution is 0.148. The van der Waals surface area contributed by atoms with Crippen molar-refractivity contribution in [3.63, 3.8) is 0 Å². The topological polar surface area (TPSA) is 59.4 Å². The molecule has 0 aliphatic heterocycles. The standard InChI is InChI=1S/C17H16ClNO2/c18-12-5-3-4-11(8-12)14(9-19)17(20)15-10-21-16-7-2-1-6-13(15)16/h1-8,10,14,17,20H,9,19H2. The summed E-state index contributed by atoms with van der Waals surface area (Å²) < 4.78 is 5.50. The van der Waals surface area contributed by atoms with Gasteiger partial charge in [0.1, 0.15) is 5.58 Å². The van der Waals surface area contributed by atoms with E-state index in [0.29, 0.717) is 11.6 Å². The van der Waals surface area contributed by atoms with Crippen molar-refractivity contribution in [3.8, 4) is 0 Å². The molecule has 0 fully saturated rings. The molecule has 3 aromatic rings. The number of hydrogen-bond acceptors (Lipinski definition) is 3. The van der Waals surface area contributed by atoms with E-state index in [1.165, 1.54) is 0 Å². The van der Waals surface area contributed by atoms with Gasteiger partial charge < -0.3 is 15.3 Å². The Morgan fingerprint density at radius 2 is 1.95 bits per heavy atom. The van der Waals surface area contributed by atoms with E-state index in [0.717, 1.165) is 22.1 Å². The number of aliphatic hydroxyl groups is 1. The lowest BCUT2D eigenvalue weighted by Crippen LogP contribution is -2.20. The summed E-state index contributed by atoms with van der Waals surface area (Å²) in [6.45, 7) is 0.320. The van der Waals surface area contributed by atoms with Crippen LogP contribution in [-0.2, 0) is 0 Å².